The zero-order chi connectivity index (χ0) is 17.1. The fourth-order valence-electron chi connectivity index (χ4n) is 6.93. The minimum absolute atomic E-state index is 0.109. The summed E-state index contributed by atoms with van der Waals surface area (Å²) >= 11 is 0. The molecule has 0 radical (unpaired) electrons. The van der Waals surface area contributed by atoms with Gasteiger partial charge in [-0.05, 0) is 74.2 Å². The summed E-state index contributed by atoms with van der Waals surface area (Å²) in [4.78, 5) is 23.4. The van der Waals surface area contributed by atoms with Gasteiger partial charge >= 0.3 is 5.97 Å². The van der Waals surface area contributed by atoms with Crippen LogP contribution < -0.4 is 0 Å². The van der Waals surface area contributed by atoms with E-state index < -0.39 is 0 Å². The molecule has 4 aliphatic rings. The molecule has 7 atom stereocenters. The van der Waals surface area contributed by atoms with Crippen LogP contribution in [0.5, 0.6) is 0 Å². The number of hydrogen-bond acceptors (Lipinski definition) is 3. The van der Waals surface area contributed by atoms with E-state index in [4.69, 9.17) is 4.74 Å². The molecule has 132 valence electrons. The Morgan fingerprint density at radius 2 is 2.04 bits per heavy atom. The van der Waals surface area contributed by atoms with Crippen molar-refractivity contribution in [3.63, 3.8) is 0 Å². The highest BCUT2D eigenvalue weighted by Gasteiger charge is 2.58. The van der Waals surface area contributed by atoms with Crippen LogP contribution in [0.4, 0.5) is 0 Å². The molecule has 0 heterocycles. The number of allylic oxidation sites excluding steroid dienone is 1. The molecule has 3 nitrogen and oxygen atoms in total. The molecule has 3 unspecified atom stereocenters. The molecule has 4 aliphatic carbocycles. The van der Waals surface area contributed by atoms with E-state index in [0.717, 1.165) is 37.5 Å². The van der Waals surface area contributed by atoms with Crippen molar-refractivity contribution in [1.29, 1.82) is 0 Å². The molecule has 0 spiro atoms. The molecule has 3 heteroatoms. The summed E-state index contributed by atoms with van der Waals surface area (Å²) in [6, 6.07) is 0. The number of carbonyl (C=O) groups excluding carboxylic acids is 2. The Labute approximate surface area is 145 Å². The first kappa shape index (κ1) is 16.4. The standard InChI is InChI=1S/C21H30O3/c1-12-10-14-11-15(23)4-5-16(14)17-8-9-21(3)18(20(12)17)6-7-19(21)24-13(2)22/h11-12,16-20H,4-10H2,1-3H3/t12-,16?,17-,18+,19+,20?,21?/m1/s1. The average Bonchev–Trinajstić information content (AvgIpc) is 2.83. The van der Waals surface area contributed by atoms with E-state index in [1.165, 1.54) is 24.8 Å². The topological polar surface area (TPSA) is 43.4 Å². The summed E-state index contributed by atoms with van der Waals surface area (Å²) in [6.07, 6.45) is 9.62. The van der Waals surface area contributed by atoms with Crippen LogP contribution in [-0.4, -0.2) is 17.9 Å². The maximum absolute atomic E-state index is 11.8. The molecule has 0 bridgehead atoms. The van der Waals surface area contributed by atoms with Gasteiger partial charge in [0.25, 0.3) is 0 Å². The van der Waals surface area contributed by atoms with Gasteiger partial charge in [0.2, 0.25) is 0 Å². The minimum atomic E-state index is -0.128. The first-order chi connectivity index (χ1) is 11.4. The van der Waals surface area contributed by atoms with Crippen LogP contribution >= 0.6 is 0 Å². The molecule has 0 aromatic rings. The lowest BCUT2D eigenvalue weighted by atomic mass is 9.49. The van der Waals surface area contributed by atoms with Crippen molar-refractivity contribution in [2.75, 3.05) is 0 Å². The molecule has 3 fully saturated rings. The third-order valence-electron chi connectivity index (χ3n) is 7.86. The fraction of sp³-hybridized carbons (Fsp3) is 0.810. The molecular formula is C21H30O3. The zero-order valence-electron chi connectivity index (χ0n) is 15.2. The molecule has 4 rings (SSSR count). The van der Waals surface area contributed by atoms with Crippen LogP contribution in [-0.2, 0) is 14.3 Å². The first-order valence-corrected chi connectivity index (χ1v) is 9.80. The molecular weight excluding hydrogens is 300 g/mol. The van der Waals surface area contributed by atoms with Crippen molar-refractivity contribution in [2.24, 2.45) is 35.0 Å². The lowest BCUT2D eigenvalue weighted by Gasteiger charge is -2.55. The third-order valence-corrected chi connectivity index (χ3v) is 7.86. The van der Waals surface area contributed by atoms with E-state index in [2.05, 4.69) is 13.8 Å². The molecule has 0 aromatic carbocycles. The second kappa shape index (κ2) is 5.71. The van der Waals surface area contributed by atoms with E-state index in [0.29, 0.717) is 23.5 Å². The van der Waals surface area contributed by atoms with E-state index in [1.54, 1.807) is 6.92 Å². The van der Waals surface area contributed by atoms with Gasteiger partial charge in [-0.1, -0.05) is 19.4 Å². The zero-order valence-corrected chi connectivity index (χ0v) is 15.2. The SMILES string of the molecule is CC(=O)O[C@H]1CC[C@H]2C3[C@H](CCC12C)C1CCC(=O)C=C1C[C@H]3C. The summed E-state index contributed by atoms with van der Waals surface area (Å²) in [6.45, 7) is 6.30. The number of rotatable bonds is 1. The van der Waals surface area contributed by atoms with Crippen LogP contribution in [0.2, 0.25) is 0 Å². The van der Waals surface area contributed by atoms with E-state index in [9.17, 15) is 9.59 Å². The van der Waals surface area contributed by atoms with Gasteiger partial charge in [0.1, 0.15) is 6.10 Å². The van der Waals surface area contributed by atoms with Gasteiger partial charge in [-0.3, -0.25) is 9.59 Å². The Morgan fingerprint density at radius 3 is 2.79 bits per heavy atom. The summed E-state index contributed by atoms with van der Waals surface area (Å²) < 4.78 is 5.72. The summed E-state index contributed by atoms with van der Waals surface area (Å²) in [5.41, 5.74) is 1.60. The number of esters is 1. The van der Waals surface area contributed by atoms with Gasteiger partial charge in [0, 0.05) is 18.8 Å². The van der Waals surface area contributed by atoms with Crippen molar-refractivity contribution in [3.05, 3.63) is 11.6 Å². The molecule has 3 saturated carbocycles. The monoisotopic (exact) mass is 330 g/mol. The van der Waals surface area contributed by atoms with Crippen molar-refractivity contribution in [1.82, 2.24) is 0 Å². The van der Waals surface area contributed by atoms with Crippen LogP contribution in [0.15, 0.2) is 11.6 Å². The quantitative estimate of drug-likeness (QED) is 0.673. The number of fused-ring (bicyclic) bond motifs is 5. The molecule has 0 amide bonds. The predicted octanol–water partition coefficient (Wildman–Crippen LogP) is 4.31. The molecule has 0 aromatic heterocycles. The van der Waals surface area contributed by atoms with Crippen LogP contribution in [0.3, 0.4) is 0 Å². The summed E-state index contributed by atoms with van der Waals surface area (Å²) in [5, 5.41) is 0. The lowest BCUT2D eigenvalue weighted by Crippen LogP contribution is -2.50. The Kier molecular flexibility index (Phi) is 3.89. The highest BCUT2D eigenvalue weighted by Crippen LogP contribution is 2.63. The first-order valence-electron chi connectivity index (χ1n) is 9.80. The second-order valence-corrected chi connectivity index (χ2v) is 9.08. The third kappa shape index (κ3) is 2.38. The largest absolute Gasteiger partial charge is 0.462 e. The lowest BCUT2D eigenvalue weighted by molar-refractivity contribution is -0.157. The fourth-order valence-corrected chi connectivity index (χ4v) is 6.93. The predicted molar refractivity (Wildman–Crippen MR) is 92.2 cm³/mol. The maximum Gasteiger partial charge on any atom is 0.302 e. The molecule has 0 N–H and O–H groups in total. The highest BCUT2D eigenvalue weighted by atomic mass is 16.5. The van der Waals surface area contributed by atoms with Crippen molar-refractivity contribution >= 4 is 11.8 Å². The Hall–Kier alpha value is -1.12. The maximum atomic E-state index is 11.8. The number of hydrogen-bond donors (Lipinski definition) is 0. The average molecular weight is 330 g/mol. The van der Waals surface area contributed by atoms with E-state index in [-0.39, 0.29) is 17.5 Å². The van der Waals surface area contributed by atoms with Gasteiger partial charge in [0.05, 0.1) is 0 Å². The highest BCUT2D eigenvalue weighted by molar-refractivity contribution is 5.91. The minimum Gasteiger partial charge on any atom is -0.462 e. The molecule has 0 aliphatic heterocycles. The van der Waals surface area contributed by atoms with E-state index >= 15 is 0 Å². The normalized spacial score (nSPS) is 47.3. The number of ketones is 1. The molecule has 24 heavy (non-hydrogen) atoms. The Balaban J connectivity index is 1.62. The van der Waals surface area contributed by atoms with Gasteiger partial charge in [0.15, 0.2) is 5.78 Å². The van der Waals surface area contributed by atoms with Crippen molar-refractivity contribution in [3.8, 4) is 0 Å². The number of carbonyl (C=O) groups is 2. The van der Waals surface area contributed by atoms with Crippen molar-refractivity contribution < 1.29 is 14.3 Å². The van der Waals surface area contributed by atoms with Crippen LogP contribution in [0.1, 0.15) is 65.7 Å². The Bertz CT molecular complexity index is 592. The summed E-state index contributed by atoms with van der Waals surface area (Å²) in [7, 11) is 0. The molecule has 0 saturated heterocycles. The van der Waals surface area contributed by atoms with Gasteiger partial charge < -0.3 is 4.74 Å². The smallest absolute Gasteiger partial charge is 0.302 e. The Morgan fingerprint density at radius 1 is 1.25 bits per heavy atom. The van der Waals surface area contributed by atoms with Gasteiger partial charge in [-0.15, -0.1) is 0 Å². The summed E-state index contributed by atoms with van der Waals surface area (Å²) in [5.74, 6) is 3.64. The number of ether oxygens (including phenoxy) is 1. The van der Waals surface area contributed by atoms with Crippen molar-refractivity contribution in [2.45, 2.75) is 71.8 Å². The van der Waals surface area contributed by atoms with Gasteiger partial charge in [-0.25, -0.2) is 0 Å². The van der Waals surface area contributed by atoms with E-state index in [1.807, 2.05) is 6.08 Å². The van der Waals surface area contributed by atoms with Crippen LogP contribution in [0, 0.1) is 35.0 Å². The van der Waals surface area contributed by atoms with Crippen LogP contribution in [0.25, 0.3) is 0 Å². The van der Waals surface area contributed by atoms with Gasteiger partial charge in [-0.2, -0.15) is 0 Å². The second-order valence-electron chi connectivity index (χ2n) is 9.08.